The number of carbonyl (C=O) groups is 1. The first kappa shape index (κ1) is 11.8. The third kappa shape index (κ3) is 2.72. The lowest BCUT2D eigenvalue weighted by Gasteiger charge is -2.21. The van der Waals surface area contributed by atoms with Crippen LogP contribution in [0, 0.1) is 5.82 Å². The van der Waals surface area contributed by atoms with Crippen LogP contribution in [-0.2, 0) is 4.79 Å². The molecule has 92 valence electrons. The molecule has 17 heavy (non-hydrogen) atoms. The number of anilines is 1. The Morgan fingerprint density at radius 2 is 2.24 bits per heavy atom. The molecule has 1 amide bonds. The number of rotatable bonds is 3. The Bertz CT molecular complexity index is 404. The lowest BCUT2D eigenvalue weighted by Crippen LogP contribution is -2.39. The molecule has 1 aromatic rings. The molecule has 1 aliphatic rings. The molecule has 2 rings (SSSR count). The summed E-state index contributed by atoms with van der Waals surface area (Å²) in [5.41, 5.74) is 0. The van der Waals surface area contributed by atoms with Crippen molar-refractivity contribution in [2.45, 2.75) is 25.8 Å². The summed E-state index contributed by atoms with van der Waals surface area (Å²) in [6.45, 7) is 3.33. The van der Waals surface area contributed by atoms with Gasteiger partial charge in [0.15, 0.2) is 11.6 Å². The van der Waals surface area contributed by atoms with Gasteiger partial charge in [-0.05, 0) is 31.9 Å². The van der Waals surface area contributed by atoms with Crippen LogP contribution in [0.15, 0.2) is 18.3 Å². The number of halogens is 1. The summed E-state index contributed by atoms with van der Waals surface area (Å²) < 4.78 is 13.3. The van der Waals surface area contributed by atoms with Gasteiger partial charge in [-0.25, -0.2) is 9.37 Å². The summed E-state index contributed by atoms with van der Waals surface area (Å²) >= 11 is 0. The van der Waals surface area contributed by atoms with Gasteiger partial charge in [-0.1, -0.05) is 0 Å². The van der Waals surface area contributed by atoms with Crippen molar-refractivity contribution in [2.24, 2.45) is 0 Å². The van der Waals surface area contributed by atoms with Gasteiger partial charge in [0.1, 0.15) is 6.04 Å². The number of amides is 1. The minimum atomic E-state index is -0.447. The molecule has 1 atom stereocenters. The van der Waals surface area contributed by atoms with Gasteiger partial charge in [0.2, 0.25) is 5.91 Å². The number of carbonyl (C=O) groups excluding carboxylic acids is 1. The Hall–Kier alpha value is -1.65. The quantitative estimate of drug-likeness (QED) is 0.869. The Labute approximate surface area is 99.8 Å². The summed E-state index contributed by atoms with van der Waals surface area (Å²) in [5.74, 6) is -0.298. The average molecular weight is 237 g/mol. The van der Waals surface area contributed by atoms with Crippen LogP contribution in [0.2, 0.25) is 0 Å². The number of pyridine rings is 1. The first-order valence-corrected chi connectivity index (χ1v) is 5.84. The van der Waals surface area contributed by atoms with Crippen molar-refractivity contribution >= 4 is 11.7 Å². The van der Waals surface area contributed by atoms with Crippen molar-refractivity contribution in [3.8, 4) is 0 Å². The van der Waals surface area contributed by atoms with E-state index in [1.807, 2.05) is 0 Å². The fourth-order valence-electron chi connectivity index (χ4n) is 1.97. The van der Waals surface area contributed by atoms with Crippen LogP contribution in [0.5, 0.6) is 0 Å². The van der Waals surface area contributed by atoms with Crippen LogP contribution in [0.3, 0.4) is 0 Å². The van der Waals surface area contributed by atoms with E-state index in [1.54, 1.807) is 11.8 Å². The molecule has 0 bridgehead atoms. The molecular weight excluding hydrogens is 221 g/mol. The SMILES string of the molecule is CC(Nc1ncccc1F)C(=O)N1CCCC1. The molecular formula is C12H16FN3O. The molecule has 5 heteroatoms. The highest BCUT2D eigenvalue weighted by Crippen LogP contribution is 2.13. The van der Waals surface area contributed by atoms with E-state index in [9.17, 15) is 9.18 Å². The summed E-state index contributed by atoms with van der Waals surface area (Å²) in [6.07, 6.45) is 3.60. The van der Waals surface area contributed by atoms with Crippen LogP contribution in [0.1, 0.15) is 19.8 Å². The first-order valence-electron chi connectivity index (χ1n) is 5.84. The van der Waals surface area contributed by atoms with Crippen LogP contribution in [0.25, 0.3) is 0 Å². The van der Waals surface area contributed by atoms with Gasteiger partial charge in [-0.3, -0.25) is 4.79 Å². The standard InChI is InChI=1S/C12H16FN3O/c1-9(12(17)16-7-2-3-8-16)15-11-10(13)5-4-6-14-11/h4-6,9H,2-3,7-8H2,1H3,(H,14,15). The molecule has 0 spiro atoms. The van der Waals surface area contributed by atoms with Crippen LogP contribution in [0.4, 0.5) is 10.2 Å². The molecule has 1 saturated heterocycles. The fraction of sp³-hybridized carbons (Fsp3) is 0.500. The Kier molecular flexibility index (Phi) is 3.56. The van der Waals surface area contributed by atoms with Gasteiger partial charge >= 0.3 is 0 Å². The van der Waals surface area contributed by atoms with E-state index in [1.165, 1.54) is 18.3 Å². The molecule has 1 N–H and O–H groups in total. The highest BCUT2D eigenvalue weighted by atomic mass is 19.1. The predicted molar refractivity (Wildman–Crippen MR) is 63.1 cm³/mol. The van der Waals surface area contributed by atoms with E-state index >= 15 is 0 Å². The lowest BCUT2D eigenvalue weighted by molar-refractivity contribution is -0.130. The number of hydrogen-bond acceptors (Lipinski definition) is 3. The molecule has 0 aliphatic carbocycles. The maximum absolute atomic E-state index is 13.3. The van der Waals surface area contributed by atoms with Crippen LogP contribution in [-0.4, -0.2) is 34.9 Å². The Morgan fingerprint density at radius 1 is 1.53 bits per heavy atom. The highest BCUT2D eigenvalue weighted by molar-refractivity contribution is 5.84. The predicted octanol–water partition coefficient (Wildman–Crippen LogP) is 1.64. The third-order valence-corrected chi connectivity index (χ3v) is 2.90. The smallest absolute Gasteiger partial charge is 0.244 e. The van der Waals surface area contributed by atoms with Gasteiger partial charge < -0.3 is 10.2 Å². The minimum Gasteiger partial charge on any atom is -0.356 e. The maximum Gasteiger partial charge on any atom is 0.244 e. The molecule has 1 aliphatic heterocycles. The molecule has 0 saturated carbocycles. The second-order valence-corrected chi connectivity index (χ2v) is 4.23. The van der Waals surface area contributed by atoms with Gasteiger partial charge in [-0.15, -0.1) is 0 Å². The zero-order valence-electron chi connectivity index (χ0n) is 9.82. The minimum absolute atomic E-state index is 0.00699. The lowest BCUT2D eigenvalue weighted by atomic mass is 10.3. The summed E-state index contributed by atoms with van der Waals surface area (Å²) in [6, 6.07) is 2.40. The van der Waals surface area contributed by atoms with E-state index in [0.717, 1.165) is 25.9 Å². The number of nitrogens with zero attached hydrogens (tertiary/aromatic N) is 2. The summed E-state index contributed by atoms with van der Waals surface area (Å²) in [5, 5.41) is 2.81. The van der Waals surface area contributed by atoms with Crippen molar-refractivity contribution in [2.75, 3.05) is 18.4 Å². The third-order valence-electron chi connectivity index (χ3n) is 2.90. The molecule has 1 fully saturated rings. The Morgan fingerprint density at radius 3 is 2.88 bits per heavy atom. The second-order valence-electron chi connectivity index (χ2n) is 4.23. The van der Waals surface area contributed by atoms with E-state index in [2.05, 4.69) is 10.3 Å². The normalized spacial score (nSPS) is 16.9. The van der Waals surface area contributed by atoms with Crippen molar-refractivity contribution in [3.05, 3.63) is 24.1 Å². The zero-order chi connectivity index (χ0) is 12.3. The number of likely N-dealkylation sites (tertiary alicyclic amines) is 1. The van der Waals surface area contributed by atoms with Gasteiger partial charge in [0, 0.05) is 19.3 Å². The first-order chi connectivity index (χ1) is 8.18. The highest BCUT2D eigenvalue weighted by Gasteiger charge is 2.23. The van der Waals surface area contributed by atoms with Crippen molar-refractivity contribution < 1.29 is 9.18 Å². The summed E-state index contributed by atoms with van der Waals surface area (Å²) in [4.78, 5) is 17.6. The number of aromatic nitrogens is 1. The number of nitrogens with one attached hydrogen (secondary N) is 1. The largest absolute Gasteiger partial charge is 0.356 e. The monoisotopic (exact) mass is 237 g/mol. The topological polar surface area (TPSA) is 45.2 Å². The van der Waals surface area contributed by atoms with Gasteiger partial charge in [0.05, 0.1) is 0 Å². The van der Waals surface area contributed by atoms with Crippen LogP contribution >= 0.6 is 0 Å². The molecule has 2 heterocycles. The van der Waals surface area contributed by atoms with E-state index in [0.29, 0.717) is 0 Å². The van der Waals surface area contributed by atoms with Crippen molar-refractivity contribution in [1.29, 1.82) is 0 Å². The molecule has 4 nitrogen and oxygen atoms in total. The second kappa shape index (κ2) is 5.12. The molecule has 1 aromatic heterocycles. The van der Waals surface area contributed by atoms with Crippen molar-refractivity contribution in [3.63, 3.8) is 0 Å². The van der Waals surface area contributed by atoms with Crippen LogP contribution < -0.4 is 5.32 Å². The van der Waals surface area contributed by atoms with E-state index < -0.39 is 11.9 Å². The maximum atomic E-state index is 13.3. The number of hydrogen-bond donors (Lipinski definition) is 1. The van der Waals surface area contributed by atoms with Gasteiger partial charge in [-0.2, -0.15) is 0 Å². The Balaban J connectivity index is 1.99. The molecule has 1 unspecified atom stereocenters. The zero-order valence-corrected chi connectivity index (χ0v) is 9.82. The van der Waals surface area contributed by atoms with Gasteiger partial charge in [0.25, 0.3) is 0 Å². The average Bonchev–Trinajstić information content (AvgIpc) is 2.84. The van der Waals surface area contributed by atoms with E-state index in [-0.39, 0.29) is 11.7 Å². The molecule has 0 aromatic carbocycles. The van der Waals surface area contributed by atoms with Crippen molar-refractivity contribution in [1.82, 2.24) is 9.88 Å². The molecule has 0 radical (unpaired) electrons. The fourth-order valence-corrected chi connectivity index (χ4v) is 1.97. The van der Waals surface area contributed by atoms with E-state index in [4.69, 9.17) is 0 Å². The summed E-state index contributed by atoms with van der Waals surface area (Å²) in [7, 11) is 0.